The molecule has 0 spiro atoms. The Morgan fingerprint density at radius 3 is 2.61 bits per heavy atom. The number of piperidine rings is 1. The molecular formula is C25H42N4O2. The van der Waals surface area contributed by atoms with Crippen LogP contribution in [-0.2, 0) is 22.6 Å². The van der Waals surface area contributed by atoms with Gasteiger partial charge in [-0.2, -0.15) is 0 Å². The summed E-state index contributed by atoms with van der Waals surface area (Å²) in [5.74, 6) is 1.66. The quantitative estimate of drug-likeness (QED) is 0.463. The second-order valence-electron chi connectivity index (χ2n) is 9.25. The average Bonchev–Trinajstić information content (AvgIpc) is 2.78. The maximum absolute atomic E-state index is 6.08. The largest absolute Gasteiger partial charge is 0.381 e. The minimum absolute atomic E-state index is 0.326. The Balaban J connectivity index is 1.48. The van der Waals surface area contributed by atoms with E-state index in [1.54, 1.807) is 0 Å². The fourth-order valence-electron chi connectivity index (χ4n) is 4.33. The number of likely N-dealkylation sites (tertiary alicyclic amines) is 1. The van der Waals surface area contributed by atoms with Gasteiger partial charge in [0.15, 0.2) is 5.96 Å². The van der Waals surface area contributed by atoms with Crippen LogP contribution in [0.3, 0.4) is 0 Å². The van der Waals surface area contributed by atoms with Crippen molar-refractivity contribution >= 4 is 5.96 Å². The van der Waals surface area contributed by atoms with Crippen molar-refractivity contribution in [2.75, 3.05) is 39.4 Å². The number of hydrogen-bond donors (Lipinski definition) is 2. The van der Waals surface area contributed by atoms with Gasteiger partial charge in [0.05, 0.1) is 19.3 Å². The Morgan fingerprint density at radius 2 is 1.90 bits per heavy atom. The Morgan fingerprint density at radius 1 is 1.16 bits per heavy atom. The molecule has 0 bridgehead atoms. The van der Waals surface area contributed by atoms with E-state index in [1.807, 2.05) is 0 Å². The summed E-state index contributed by atoms with van der Waals surface area (Å²) < 4.78 is 11.5. The van der Waals surface area contributed by atoms with Crippen LogP contribution in [-0.4, -0.2) is 62.4 Å². The van der Waals surface area contributed by atoms with Crippen LogP contribution in [0, 0.1) is 5.92 Å². The highest BCUT2D eigenvalue weighted by Gasteiger charge is 2.20. The maximum atomic E-state index is 6.08. The van der Waals surface area contributed by atoms with Crippen LogP contribution in [0.1, 0.15) is 57.6 Å². The highest BCUT2D eigenvalue weighted by Crippen LogP contribution is 2.15. The standard InChI is InChI=1S/C25H42N4O2/c1-4-26-25(28-23-8-12-29(13-9-23)18-20(2)3)27-17-21-6-5-7-22(16-21)19-31-24-10-14-30-15-11-24/h5-7,16,20,23-24H,4,8-15,17-19H2,1-3H3,(H2,26,27,28). The molecular weight excluding hydrogens is 388 g/mol. The minimum Gasteiger partial charge on any atom is -0.381 e. The molecule has 2 heterocycles. The van der Waals surface area contributed by atoms with E-state index < -0.39 is 0 Å². The number of nitrogens with zero attached hydrogens (tertiary/aromatic N) is 2. The monoisotopic (exact) mass is 430 g/mol. The van der Waals surface area contributed by atoms with Gasteiger partial charge in [0.2, 0.25) is 0 Å². The van der Waals surface area contributed by atoms with Crippen molar-refractivity contribution in [2.24, 2.45) is 10.9 Å². The van der Waals surface area contributed by atoms with Gasteiger partial charge in [0.25, 0.3) is 0 Å². The van der Waals surface area contributed by atoms with Crippen molar-refractivity contribution in [1.29, 1.82) is 0 Å². The van der Waals surface area contributed by atoms with Crippen molar-refractivity contribution < 1.29 is 9.47 Å². The number of guanidine groups is 1. The Bertz CT molecular complexity index is 665. The Labute approximate surface area is 188 Å². The Kier molecular flexibility index (Phi) is 10.1. The van der Waals surface area contributed by atoms with E-state index in [0.717, 1.165) is 44.5 Å². The van der Waals surface area contributed by atoms with Gasteiger partial charge in [0.1, 0.15) is 0 Å². The number of rotatable bonds is 9. The van der Waals surface area contributed by atoms with Crippen LogP contribution in [0.2, 0.25) is 0 Å². The summed E-state index contributed by atoms with van der Waals surface area (Å²) in [6, 6.07) is 9.12. The molecule has 0 aromatic heterocycles. The third-order valence-electron chi connectivity index (χ3n) is 5.96. The minimum atomic E-state index is 0.326. The normalized spacial score (nSPS) is 19.7. The van der Waals surface area contributed by atoms with Crippen LogP contribution in [0.15, 0.2) is 29.3 Å². The summed E-state index contributed by atoms with van der Waals surface area (Å²) in [4.78, 5) is 7.44. The summed E-state index contributed by atoms with van der Waals surface area (Å²) >= 11 is 0. The molecule has 2 aliphatic heterocycles. The van der Waals surface area contributed by atoms with Gasteiger partial charge in [-0.05, 0) is 49.7 Å². The van der Waals surface area contributed by atoms with Crippen LogP contribution in [0.4, 0.5) is 0 Å². The van der Waals surface area contributed by atoms with Crippen molar-refractivity contribution in [3.05, 3.63) is 35.4 Å². The van der Waals surface area contributed by atoms with Gasteiger partial charge in [-0.1, -0.05) is 38.1 Å². The van der Waals surface area contributed by atoms with E-state index in [4.69, 9.17) is 14.5 Å². The zero-order valence-corrected chi connectivity index (χ0v) is 19.7. The lowest BCUT2D eigenvalue weighted by Crippen LogP contribution is -2.49. The third-order valence-corrected chi connectivity index (χ3v) is 5.96. The second-order valence-corrected chi connectivity index (χ2v) is 9.25. The van der Waals surface area contributed by atoms with E-state index in [9.17, 15) is 0 Å². The first-order chi connectivity index (χ1) is 15.1. The number of ether oxygens (including phenoxy) is 2. The zero-order chi connectivity index (χ0) is 21.9. The van der Waals surface area contributed by atoms with Gasteiger partial charge in [-0.15, -0.1) is 0 Å². The molecule has 0 amide bonds. The molecule has 3 rings (SSSR count). The number of aliphatic imine (C=N–C) groups is 1. The van der Waals surface area contributed by atoms with E-state index in [0.29, 0.717) is 25.3 Å². The van der Waals surface area contributed by atoms with Gasteiger partial charge in [-0.3, -0.25) is 0 Å². The average molecular weight is 431 g/mol. The van der Waals surface area contributed by atoms with Gasteiger partial charge in [-0.25, -0.2) is 4.99 Å². The predicted octanol–water partition coefficient (Wildman–Crippen LogP) is 3.56. The first-order valence-electron chi connectivity index (χ1n) is 12.2. The molecule has 6 heteroatoms. The lowest BCUT2D eigenvalue weighted by atomic mass is 10.0. The van der Waals surface area contributed by atoms with Crippen LogP contribution >= 0.6 is 0 Å². The highest BCUT2D eigenvalue weighted by molar-refractivity contribution is 5.80. The first-order valence-corrected chi connectivity index (χ1v) is 12.2. The molecule has 0 aliphatic carbocycles. The van der Waals surface area contributed by atoms with E-state index >= 15 is 0 Å². The topological polar surface area (TPSA) is 58.1 Å². The molecule has 0 unspecified atom stereocenters. The fourth-order valence-corrected chi connectivity index (χ4v) is 4.33. The van der Waals surface area contributed by atoms with E-state index in [-0.39, 0.29) is 0 Å². The van der Waals surface area contributed by atoms with Crippen molar-refractivity contribution in [2.45, 2.75) is 71.8 Å². The van der Waals surface area contributed by atoms with Crippen LogP contribution in [0.25, 0.3) is 0 Å². The molecule has 0 radical (unpaired) electrons. The lowest BCUT2D eigenvalue weighted by Gasteiger charge is -2.34. The molecule has 0 saturated carbocycles. The molecule has 2 aliphatic rings. The van der Waals surface area contributed by atoms with E-state index in [2.05, 4.69) is 60.6 Å². The fraction of sp³-hybridized carbons (Fsp3) is 0.720. The summed E-state index contributed by atoms with van der Waals surface area (Å²) in [6.07, 6.45) is 4.68. The van der Waals surface area contributed by atoms with Crippen molar-refractivity contribution in [1.82, 2.24) is 15.5 Å². The number of hydrogen-bond acceptors (Lipinski definition) is 4. The molecule has 2 fully saturated rings. The van der Waals surface area contributed by atoms with Gasteiger partial charge < -0.3 is 25.0 Å². The summed E-state index contributed by atoms with van der Waals surface area (Å²) in [7, 11) is 0. The lowest BCUT2D eigenvalue weighted by molar-refractivity contribution is -0.0390. The van der Waals surface area contributed by atoms with Gasteiger partial charge in [0, 0.05) is 45.4 Å². The summed E-state index contributed by atoms with van der Waals surface area (Å²) in [6.45, 7) is 14.1. The number of nitrogens with one attached hydrogen (secondary N) is 2. The molecule has 31 heavy (non-hydrogen) atoms. The smallest absolute Gasteiger partial charge is 0.191 e. The van der Waals surface area contributed by atoms with Crippen LogP contribution < -0.4 is 10.6 Å². The van der Waals surface area contributed by atoms with E-state index in [1.165, 1.54) is 43.6 Å². The third kappa shape index (κ3) is 8.79. The van der Waals surface area contributed by atoms with Crippen molar-refractivity contribution in [3.63, 3.8) is 0 Å². The number of benzene rings is 1. The molecule has 174 valence electrons. The molecule has 6 nitrogen and oxygen atoms in total. The first kappa shape index (κ1) is 24.0. The Hall–Kier alpha value is -1.63. The molecule has 0 atom stereocenters. The highest BCUT2D eigenvalue weighted by atomic mass is 16.5. The summed E-state index contributed by atoms with van der Waals surface area (Å²) in [5, 5.41) is 7.07. The van der Waals surface area contributed by atoms with Crippen molar-refractivity contribution in [3.8, 4) is 0 Å². The predicted molar refractivity (Wildman–Crippen MR) is 127 cm³/mol. The zero-order valence-electron chi connectivity index (χ0n) is 19.7. The van der Waals surface area contributed by atoms with Gasteiger partial charge >= 0.3 is 0 Å². The second kappa shape index (κ2) is 13.0. The molecule has 1 aromatic carbocycles. The van der Waals surface area contributed by atoms with Crippen LogP contribution in [0.5, 0.6) is 0 Å². The SMILES string of the molecule is CCNC(=NCc1cccc(COC2CCOCC2)c1)NC1CCN(CC(C)C)CC1. The molecule has 1 aromatic rings. The summed E-state index contributed by atoms with van der Waals surface area (Å²) in [5.41, 5.74) is 2.44. The molecule has 2 saturated heterocycles. The maximum Gasteiger partial charge on any atom is 0.191 e. The molecule has 2 N–H and O–H groups in total.